The second-order valence-corrected chi connectivity index (χ2v) is 4.09. The molecule has 0 amide bonds. The summed E-state index contributed by atoms with van der Waals surface area (Å²) in [5.74, 6) is -4.33. The molecular weight excluding hydrogens is 405 g/mol. The fraction of sp³-hybridized carbons (Fsp3) is 0.0625. The van der Waals surface area contributed by atoms with E-state index in [4.69, 9.17) is 20.1 Å². The van der Waals surface area contributed by atoms with E-state index in [0.29, 0.717) is 0 Å². The van der Waals surface area contributed by atoms with Gasteiger partial charge in [-0.1, -0.05) is 47.9 Å². The van der Waals surface area contributed by atoms with Gasteiger partial charge in [0.05, 0.1) is 11.1 Å². The van der Waals surface area contributed by atoms with Gasteiger partial charge in [-0.15, -0.1) is 0 Å². The van der Waals surface area contributed by atoms with Crippen molar-refractivity contribution in [3.8, 4) is 11.5 Å². The van der Waals surface area contributed by atoms with Gasteiger partial charge in [-0.05, 0) is 19.1 Å². The van der Waals surface area contributed by atoms with Crippen molar-refractivity contribution >= 4 is 17.9 Å². The monoisotopic (exact) mass is 418 g/mol. The molecule has 0 unspecified atom stereocenters. The third-order valence-corrected chi connectivity index (χ3v) is 2.23. The van der Waals surface area contributed by atoms with Crippen LogP contribution in [0.25, 0.3) is 0 Å². The number of carboxylic acids is 3. The van der Waals surface area contributed by atoms with Crippen LogP contribution >= 0.6 is 0 Å². The van der Waals surface area contributed by atoms with Gasteiger partial charge in [0.1, 0.15) is 0 Å². The summed E-state index contributed by atoms with van der Waals surface area (Å²) in [6.45, 7) is 0.972. The number of benzene rings is 2. The molecule has 0 fully saturated rings. The van der Waals surface area contributed by atoms with E-state index in [1.54, 1.807) is 0 Å². The van der Waals surface area contributed by atoms with Crippen LogP contribution < -0.4 is 126 Å². The fourth-order valence-electron chi connectivity index (χ4n) is 1.29. The van der Waals surface area contributed by atoms with Crippen LogP contribution in [0.1, 0.15) is 27.6 Å². The summed E-state index contributed by atoms with van der Waals surface area (Å²) in [6.07, 6.45) is 0. The minimum absolute atomic E-state index is 0. The Labute approximate surface area is 242 Å². The molecule has 2 aromatic carbocycles. The Morgan fingerprint density at radius 1 is 0.741 bits per heavy atom. The molecule has 0 aromatic heterocycles. The van der Waals surface area contributed by atoms with Crippen molar-refractivity contribution < 1.29 is 150 Å². The Morgan fingerprint density at radius 2 is 0.963 bits per heavy atom. The van der Waals surface area contributed by atoms with Gasteiger partial charge in [0.2, 0.25) is 0 Å². The number of carboxylic acid groups (broad SMARTS) is 3. The van der Waals surface area contributed by atoms with Gasteiger partial charge in [-0.2, -0.15) is 0 Å². The number of aliphatic carboxylic acids is 1. The first-order valence-electron chi connectivity index (χ1n) is 6.33. The average Bonchev–Trinajstić information content (AvgIpc) is 2.47. The zero-order valence-electron chi connectivity index (χ0n) is 15.5. The summed E-state index contributed by atoms with van der Waals surface area (Å²) >= 11 is 0. The summed E-state index contributed by atoms with van der Waals surface area (Å²) in [5.41, 5.74) is -0.356. The van der Waals surface area contributed by atoms with Gasteiger partial charge < -0.3 is 30.3 Å². The van der Waals surface area contributed by atoms with Crippen LogP contribution in [-0.2, 0) is 4.79 Å². The molecule has 2 rings (SSSR count). The van der Waals surface area contributed by atoms with Gasteiger partial charge in [0.25, 0.3) is 0 Å². The number of hydrogen-bond donors (Lipinski definition) is 2. The van der Waals surface area contributed by atoms with Gasteiger partial charge in [-0.25, -0.2) is 9.59 Å². The number of aromatic carboxylic acids is 2. The minimum atomic E-state index is -1.18. The topological polar surface area (TPSA) is 161 Å². The van der Waals surface area contributed by atoms with Crippen LogP contribution in [0.15, 0.2) is 48.5 Å². The van der Waals surface area contributed by atoms with Gasteiger partial charge >= 0.3 is 122 Å². The Kier molecular flexibility index (Phi) is 24.9. The third-order valence-electron chi connectivity index (χ3n) is 2.23. The fourth-order valence-corrected chi connectivity index (χ4v) is 1.29. The first-order chi connectivity index (χ1) is 11.2. The second-order valence-electron chi connectivity index (χ2n) is 4.09. The van der Waals surface area contributed by atoms with E-state index in [0.717, 1.165) is 6.92 Å². The van der Waals surface area contributed by atoms with Crippen molar-refractivity contribution in [2.24, 2.45) is 0 Å². The van der Waals surface area contributed by atoms with E-state index in [9.17, 15) is 19.8 Å². The van der Waals surface area contributed by atoms with Crippen molar-refractivity contribution in [2.45, 2.75) is 6.92 Å². The summed E-state index contributed by atoms with van der Waals surface area (Å²) in [6, 6.07) is 11.1. The molecule has 0 aliphatic rings. The smallest absolute Gasteiger partial charge is 0.872 e. The molecule has 0 saturated heterocycles. The maximum atomic E-state index is 10.7. The number of para-hydroxylation sites is 2. The van der Waals surface area contributed by atoms with Crippen molar-refractivity contribution in [1.82, 2.24) is 0 Å². The Hall–Kier alpha value is 0.0864. The Bertz CT molecular complexity index is 666. The standard InChI is InChI=1S/2C7H6O3.C2H4O2.K.2Na/c2*8-6-4-2-1-3-5(6)7(9)10;1-2(3)4;;;/h2*1-4,8H,(H,9,10);1H3,(H,3,4);;;/q;;;3*+1/p-3. The van der Waals surface area contributed by atoms with Crippen LogP contribution in [0.3, 0.4) is 0 Å². The molecule has 2 N–H and O–H groups in total. The van der Waals surface area contributed by atoms with Crippen LogP contribution in [0.5, 0.6) is 11.5 Å². The van der Waals surface area contributed by atoms with Crippen LogP contribution in [0, 0.1) is 0 Å². The summed E-state index contributed by atoms with van der Waals surface area (Å²) in [4.78, 5) is 29.3. The summed E-state index contributed by atoms with van der Waals surface area (Å²) in [5, 5.41) is 47.0. The van der Waals surface area contributed by atoms with E-state index in [-0.39, 0.29) is 122 Å². The SMILES string of the molecule is CC(=O)[O-].O=C(O)c1ccccc1[O-].O=C(O)c1ccccc1[O-].[K+].[Na+].[Na+]. The normalized spacial score (nSPS) is 7.74. The molecule has 2 aromatic rings. The number of rotatable bonds is 2. The van der Waals surface area contributed by atoms with Crippen LogP contribution in [0.4, 0.5) is 0 Å². The zero-order chi connectivity index (χ0) is 18.7. The largest absolute Gasteiger partial charge is 1.00 e. The van der Waals surface area contributed by atoms with Gasteiger partial charge in [-0.3, -0.25) is 0 Å². The van der Waals surface area contributed by atoms with Crippen LogP contribution in [0.2, 0.25) is 0 Å². The predicted molar refractivity (Wildman–Crippen MR) is 76.4 cm³/mol. The van der Waals surface area contributed by atoms with Crippen molar-refractivity contribution in [1.29, 1.82) is 0 Å². The molecule has 0 bridgehead atoms. The Balaban J connectivity index is -0.000000150. The predicted octanol–water partition coefficient (Wildman–Crippen LogP) is -9.32. The van der Waals surface area contributed by atoms with E-state index < -0.39 is 29.4 Å². The van der Waals surface area contributed by atoms with E-state index in [1.807, 2.05) is 0 Å². The summed E-state index contributed by atoms with van der Waals surface area (Å²) < 4.78 is 0. The van der Waals surface area contributed by atoms with Crippen molar-refractivity contribution in [2.75, 3.05) is 0 Å². The molecule has 0 heterocycles. The zero-order valence-corrected chi connectivity index (χ0v) is 22.6. The average molecular weight is 418 g/mol. The molecule has 27 heavy (non-hydrogen) atoms. The van der Waals surface area contributed by atoms with E-state index in [1.165, 1.54) is 48.5 Å². The quantitative estimate of drug-likeness (QED) is 0.455. The molecular formula is C16H13KNa2O8. The van der Waals surface area contributed by atoms with Crippen molar-refractivity contribution in [3.63, 3.8) is 0 Å². The molecule has 8 nitrogen and oxygen atoms in total. The number of hydrogen-bond acceptors (Lipinski definition) is 6. The second kappa shape index (κ2) is 19.4. The maximum absolute atomic E-state index is 10.7. The molecule has 128 valence electrons. The summed E-state index contributed by atoms with van der Waals surface area (Å²) in [7, 11) is 0. The van der Waals surface area contributed by atoms with Gasteiger partial charge in [0, 0.05) is 5.97 Å². The van der Waals surface area contributed by atoms with E-state index >= 15 is 0 Å². The third kappa shape index (κ3) is 16.7. The number of carbonyl (C=O) groups excluding carboxylic acids is 1. The maximum Gasteiger partial charge on any atom is 1.00 e. The van der Waals surface area contributed by atoms with E-state index in [2.05, 4.69) is 0 Å². The molecule has 0 atom stereocenters. The molecule has 11 heteroatoms. The minimum Gasteiger partial charge on any atom is -0.872 e. The van der Waals surface area contributed by atoms with Gasteiger partial charge in [0.15, 0.2) is 0 Å². The first-order valence-corrected chi connectivity index (χ1v) is 6.33. The van der Waals surface area contributed by atoms with Crippen LogP contribution in [-0.4, -0.2) is 28.1 Å². The first kappa shape index (κ1) is 34.6. The number of carbonyl (C=O) groups is 3. The molecule has 0 radical (unpaired) electrons. The molecule has 0 aliphatic heterocycles. The Morgan fingerprint density at radius 3 is 1.11 bits per heavy atom. The van der Waals surface area contributed by atoms with Crippen molar-refractivity contribution in [3.05, 3.63) is 59.7 Å². The molecule has 0 aliphatic carbocycles. The molecule has 0 spiro atoms. The molecule has 0 saturated carbocycles.